The lowest BCUT2D eigenvalue weighted by atomic mass is 10.0. The molecule has 0 radical (unpaired) electrons. The van der Waals surface area contributed by atoms with Crippen molar-refractivity contribution in [3.05, 3.63) is 71.8 Å². The Balaban J connectivity index is 0.000000741. The van der Waals surface area contributed by atoms with Crippen molar-refractivity contribution in [1.29, 1.82) is 0 Å². The largest absolute Gasteiger partial charge is 0.294 e. The van der Waals surface area contributed by atoms with Gasteiger partial charge in [-0.15, -0.1) is 0 Å². The number of benzene rings is 2. The predicted molar refractivity (Wildman–Crippen MR) is 83.6 cm³/mol. The molecule has 2 rings (SSSR count). The summed E-state index contributed by atoms with van der Waals surface area (Å²) in [6.07, 6.45) is 0.477. The van der Waals surface area contributed by atoms with Gasteiger partial charge in [0, 0.05) is 12.0 Å². The second kappa shape index (κ2) is 11.2. The van der Waals surface area contributed by atoms with E-state index in [9.17, 15) is 4.79 Å². The topological polar surface area (TPSA) is 17.1 Å². The van der Waals surface area contributed by atoms with E-state index in [1.807, 2.05) is 88.4 Å². The molecule has 0 bridgehead atoms. The Morgan fingerprint density at radius 1 is 0.737 bits per heavy atom. The SMILES string of the molecule is CC.CC.O=C(Cc1ccccc1)c1ccccc1. The summed E-state index contributed by atoms with van der Waals surface area (Å²) in [5.74, 6) is 0.168. The number of ketones is 1. The van der Waals surface area contributed by atoms with E-state index in [0.717, 1.165) is 11.1 Å². The van der Waals surface area contributed by atoms with Gasteiger partial charge in [0.1, 0.15) is 0 Å². The molecule has 1 heteroatoms. The van der Waals surface area contributed by atoms with Crippen molar-refractivity contribution in [1.82, 2.24) is 0 Å². The number of carbonyl (C=O) groups is 1. The van der Waals surface area contributed by atoms with Crippen LogP contribution < -0.4 is 0 Å². The van der Waals surface area contributed by atoms with Gasteiger partial charge >= 0.3 is 0 Å². The van der Waals surface area contributed by atoms with Crippen LogP contribution in [-0.2, 0) is 6.42 Å². The lowest BCUT2D eigenvalue weighted by Crippen LogP contribution is -2.02. The molecule has 0 saturated heterocycles. The molecule has 102 valence electrons. The van der Waals surface area contributed by atoms with Gasteiger partial charge in [0.15, 0.2) is 5.78 Å². The number of rotatable bonds is 3. The van der Waals surface area contributed by atoms with E-state index in [1.165, 1.54) is 0 Å². The molecule has 0 atom stereocenters. The Morgan fingerprint density at radius 2 is 1.16 bits per heavy atom. The minimum Gasteiger partial charge on any atom is -0.294 e. The summed E-state index contributed by atoms with van der Waals surface area (Å²) >= 11 is 0. The van der Waals surface area contributed by atoms with Gasteiger partial charge in [-0.25, -0.2) is 0 Å². The fraction of sp³-hybridized carbons (Fsp3) is 0.278. The van der Waals surface area contributed by atoms with E-state index in [2.05, 4.69) is 0 Å². The number of Topliss-reactive ketones (excluding diaryl/α,β-unsaturated/α-hetero) is 1. The van der Waals surface area contributed by atoms with E-state index in [4.69, 9.17) is 0 Å². The summed E-state index contributed by atoms with van der Waals surface area (Å²) in [6, 6.07) is 19.2. The van der Waals surface area contributed by atoms with Crippen LogP contribution in [0.25, 0.3) is 0 Å². The first-order valence-electron chi connectivity index (χ1n) is 6.98. The third-order valence-corrected chi connectivity index (χ3v) is 2.30. The van der Waals surface area contributed by atoms with Crippen molar-refractivity contribution in [2.45, 2.75) is 34.1 Å². The fourth-order valence-corrected chi connectivity index (χ4v) is 1.51. The van der Waals surface area contributed by atoms with E-state index in [1.54, 1.807) is 0 Å². The van der Waals surface area contributed by atoms with Crippen LogP contribution in [0.1, 0.15) is 43.6 Å². The number of hydrogen-bond donors (Lipinski definition) is 0. The highest BCUT2D eigenvalue weighted by atomic mass is 16.1. The van der Waals surface area contributed by atoms with Crippen molar-refractivity contribution in [2.24, 2.45) is 0 Å². The van der Waals surface area contributed by atoms with Gasteiger partial charge in [0.2, 0.25) is 0 Å². The third-order valence-electron chi connectivity index (χ3n) is 2.30. The zero-order chi connectivity index (χ0) is 14.5. The van der Waals surface area contributed by atoms with Crippen LogP contribution in [0.2, 0.25) is 0 Å². The summed E-state index contributed by atoms with van der Waals surface area (Å²) in [4.78, 5) is 11.8. The van der Waals surface area contributed by atoms with Gasteiger partial charge in [-0.3, -0.25) is 4.79 Å². The van der Waals surface area contributed by atoms with Crippen LogP contribution in [0.5, 0.6) is 0 Å². The average molecular weight is 256 g/mol. The molecule has 19 heavy (non-hydrogen) atoms. The molecule has 1 nitrogen and oxygen atoms in total. The molecular formula is C18H24O. The maximum atomic E-state index is 11.8. The molecular weight excluding hydrogens is 232 g/mol. The third kappa shape index (κ3) is 6.56. The summed E-state index contributed by atoms with van der Waals surface area (Å²) < 4.78 is 0. The van der Waals surface area contributed by atoms with Gasteiger partial charge in [-0.1, -0.05) is 88.4 Å². The van der Waals surface area contributed by atoms with Crippen LogP contribution in [-0.4, -0.2) is 5.78 Å². The monoisotopic (exact) mass is 256 g/mol. The van der Waals surface area contributed by atoms with E-state index in [-0.39, 0.29) is 5.78 Å². The van der Waals surface area contributed by atoms with Crippen molar-refractivity contribution in [3.8, 4) is 0 Å². The van der Waals surface area contributed by atoms with Gasteiger partial charge in [-0.2, -0.15) is 0 Å². The van der Waals surface area contributed by atoms with Gasteiger partial charge in [0.25, 0.3) is 0 Å². The van der Waals surface area contributed by atoms with Crippen molar-refractivity contribution in [3.63, 3.8) is 0 Å². The first-order chi connectivity index (χ1) is 9.36. The fourth-order valence-electron chi connectivity index (χ4n) is 1.51. The summed E-state index contributed by atoms with van der Waals surface area (Å²) in [5.41, 5.74) is 1.84. The lowest BCUT2D eigenvalue weighted by Gasteiger charge is -2.00. The van der Waals surface area contributed by atoms with Crippen LogP contribution in [0, 0.1) is 0 Å². The predicted octanol–water partition coefficient (Wildman–Crippen LogP) is 5.16. The Morgan fingerprint density at radius 3 is 1.63 bits per heavy atom. The Hall–Kier alpha value is -1.89. The molecule has 0 aliphatic carbocycles. The smallest absolute Gasteiger partial charge is 0.167 e. The quantitative estimate of drug-likeness (QED) is 0.693. The van der Waals surface area contributed by atoms with E-state index >= 15 is 0 Å². The lowest BCUT2D eigenvalue weighted by molar-refractivity contribution is 0.0993. The molecule has 2 aromatic carbocycles. The molecule has 0 aliphatic heterocycles. The molecule has 0 N–H and O–H groups in total. The van der Waals surface area contributed by atoms with Crippen LogP contribution >= 0.6 is 0 Å². The standard InChI is InChI=1S/C14H12O.2C2H6/c15-14(13-9-5-2-6-10-13)11-12-7-3-1-4-8-12;2*1-2/h1-10H,11H2;2*1-2H3. The minimum atomic E-state index is 0.168. The average Bonchev–Trinajstić information content (AvgIpc) is 2.53. The zero-order valence-electron chi connectivity index (χ0n) is 12.4. The summed E-state index contributed by atoms with van der Waals surface area (Å²) in [6.45, 7) is 8.00. The minimum absolute atomic E-state index is 0.168. The molecule has 0 amide bonds. The second-order valence-corrected chi connectivity index (χ2v) is 3.45. The van der Waals surface area contributed by atoms with Crippen molar-refractivity contribution >= 4 is 5.78 Å². The number of hydrogen-bond acceptors (Lipinski definition) is 1. The van der Waals surface area contributed by atoms with E-state index in [0.29, 0.717) is 6.42 Å². The highest BCUT2D eigenvalue weighted by molar-refractivity contribution is 5.97. The Bertz CT molecular complexity index is 432. The Kier molecular flexibility index (Phi) is 10.1. The summed E-state index contributed by atoms with van der Waals surface area (Å²) in [7, 11) is 0. The number of carbonyl (C=O) groups excluding carboxylic acids is 1. The molecule has 0 aliphatic rings. The molecule has 0 saturated carbocycles. The van der Waals surface area contributed by atoms with Gasteiger partial charge in [0.05, 0.1) is 0 Å². The molecule has 0 fully saturated rings. The first kappa shape index (κ1) is 17.1. The van der Waals surface area contributed by atoms with Gasteiger partial charge < -0.3 is 0 Å². The zero-order valence-corrected chi connectivity index (χ0v) is 12.4. The summed E-state index contributed by atoms with van der Waals surface area (Å²) in [5, 5.41) is 0. The second-order valence-electron chi connectivity index (χ2n) is 3.45. The van der Waals surface area contributed by atoms with Crippen LogP contribution in [0.4, 0.5) is 0 Å². The Labute approximate surface area is 117 Å². The molecule has 0 heterocycles. The normalized spacial score (nSPS) is 8.42. The van der Waals surface area contributed by atoms with Crippen LogP contribution in [0.3, 0.4) is 0 Å². The van der Waals surface area contributed by atoms with E-state index < -0.39 is 0 Å². The molecule has 2 aromatic rings. The maximum absolute atomic E-state index is 11.8. The molecule has 0 spiro atoms. The maximum Gasteiger partial charge on any atom is 0.167 e. The van der Waals surface area contributed by atoms with Gasteiger partial charge in [-0.05, 0) is 5.56 Å². The first-order valence-corrected chi connectivity index (χ1v) is 6.98. The molecule has 0 aromatic heterocycles. The highest BCUT2D eigenvalue weighted by Crippen LogP contribution is 2.06. The highest BCUT2D eigenvalue weighted by Gasteiger charge is 2.05. The van der Waals surface area contributed by atoms with Crippen molar-refractivity contribution < 1.29 is 4.79 Å². The van der Waals surface area contributed by atoms with Crippen LogP contribution in [0.15, 0.2) is 60.7 Å². The molecule has 0 unspecified atom stereocenters. The van der Waals surface area contributed by atoms with Crippen molar-refractivity contribution in [2.75, 3.05) is 0 Å².